The molecule has 0 bridgehead atoms. The van der Waals surface area contributed by atoms with Gasteiger partial charge in [-0.25, -0.2) is 9.97 Å². The van der Waals surface area contributed by atoms with Gasteiger partial charge in [0.05, 0.1) is 46.7 Å². The molecular formula is C28H28CuN4O11. The zero-order valence-electron chi connectivity index (χ0n) is 22.4. The van der Waals surface area contributed by atoms with Gasteiger partial charge in [0, 0.05) is 23.3 Å². The molecule has 2 heterocycles. The number of phenolic OH excluding ortho intramolecular Hbond substituents is 4. The maximum absolute atomic E-state index is 10.2. The summed E-state index contributed by atoms with van der Waals surface area (Å²) in [6, 6.07) is 21.9. The van der Waals surface area contributed by atoms with E-state index in [9.17, 15) is 19.8 Å². The molecule has 0 saturated heterocycles. The number of para-hydroxylation sites is 4. The van der Waals surface area contributed by atoms with Crippen molar-refractivity contribution >= 4 is 34.0 Å². The number of carbonyl (C=O) groups excluding carboxylic acids is 2. The van der Waals surface area contributed by atoms with Crippen molar-refractivity contribution in [2.75, 3.05) is 0 Å². The van der Waals surface area contributed by atoms with Crippen molar-refractivity contribution in [1.82, 2.24) is 19.9 Å². The first-order valence-corrected chi connectivity index (χ1v) is 11.4. The molecule has 0 aliphatic heterocycles. The smallest absolute Gasteiger partial charge is 0.545 e. The summed E-state index contributed by atoms with van der Waals surface area (Å²) in [4.78, 5) is 34.5. The fraction of sp³-hybridized carbons (Fsp3) is 0. The number of hydrogen-bond donors (Lipinski definition) is 6. The molecule has 4 aromatic carbocycles. The molecule has 44 heavy (non-hydrogen) atoms. The molecule has 16 heteroatoms. The Morgan fingerprint density at radius 2 is 0.841 bits per heavy atom. The van der Waals surface area contributed by atoms with E-state index in [0.29, 0.717) is 0 Å². The summed E-state index contributed by atoms with van der Waals surface area (Å²) in [6.45, 7) is 0. The van der Waals surface area contributed by atoms with Crippen molar-refractivity contribution in [1.29, 1.82) is 0 Å². The average Bonchev–Trinajstić information content (AvgIpc) is 3.58. The van der Waals surface area contributed by atoms with Crippen molar-refractivity contribution in [2.45, 2.75) is 0 Å². The van der Waals surface area contributed by atoms with E-state index in [4.69, 9.17) is 20.4 Å². The minimum absolute atomic E-state index is 0. The molecule has 0 aliphatic rings. The number of aromatic carboxylic acids is 2. The fourth-order valence-corrected chi connectivity index (χ4v) is 3.19. The van der Waals surface area contributed by atoms with Crippen molar-refractivity contribution in [3.8, 4) is 23.0 Å². The van der Waals surface area contributed by atoms with Gasteiger partial charge in [-0.3, -0.25) is 0 Å². The number of aromatic hydroxyl groups is 4. The number of carboxylic acid groups (broad SMARTS) is 2. The third-order valence-corrected chi connectivity index (χ3v) is 4.93. The predicted octanol–water partition coefficient (Wildman–Crippen LogP) is -0.428. The van der Waals surface area contributed by atoms with Crippen molar-refractivity contribution in [3.05, 3.63) is 109 Å². The summed E-state index contributed by atoms with van der Waals surface area (Å²) >= 11 is 0. The van der Waals surface area contributed by atoms with Gasteiger partial charge in [0.2, 0.25) is 0 Å². The number of nitrogens with one attached hydrogen (secondary N) is 2. The summed E-state index contributed by atoms with van der Waals surface area (Å²) < 4.78 is 0. The zero-order chi connectivity index (χ0) is 29.1. The van der Waals surface area contributed by atoms with Crippen LogP contribution in [0, 0.1) is 0 Å². The van der Waals surface area contributed by atoms with Gasteiger partial charge in [-0.1, -0.05) is 24.3 Å². The zero-order valence-corrected chi connectivity index (χ0v) is 23.3. The Balaban J connectivity index is 0. The van der Waals surface area contributed by atoms with Crippen molar-refractivity contribution < 1.29 is 73.7 Å². The minimum atomic E-state index is -1.43. The van der Waals surface area contributed by atoms with Crippen LogP contribution in [0.3, 0.4) is 0 Å². The molecule has 2 aromatic heterocycles. The van der Waals surface area contributed by atoms with E-state index in [-0.39, 0.29) is 67.6 Å². The molecule has 237 valence electrons. The number of rotatable bonds is 2. The molecule has 6 rings (SSSR count). The van der Waals surface area contributed by atoms with Crippen LogP contribution >= 0.6 is 0 Å². The summed E-state index contributed by atoms with van der Waals surface area (Å²) in [5, 5.41) is 55.5. The van der Waals surface area contributed by atoms with E-state index in [1.165, 1.54) is 0 Å². The SMILES string of the molecule is O.O.O.O=C([O-])c1cc(O)cc(O)c1.O=C([O-])c1cc(O)cc(O)c1.[Cu+2].c1ccc2[nH]cnc2c1.c1ccc2[nH]cnc2c1. The second-order valence-electron chi connectivity index (χ2n) is 7.89. The van der Waals surface area contributed by atoms with E-state index < -0.39 is 11.9 Å². The van der Waals surface area contributed by atoms with Gasteiger partial charge in [0.1, 0.15) is 23.0 Å². The normalized spacial score (nSPS) is 8.91. The van der Waals surface area contributed by atoms with Gasteiger partial charge >= 0.3 is 17.1 Å². The van der Waals surface area contributed by atoms with Gasteiger partial charge in [-0.2, -0.15) is 0 Å². The fourth-order valence-electron chi connectivity index (χ4n) is 3.19. The second-order valence-corrected chi connectivity index (χ2v) is 7.89. The van der Waals surface area contributed by atoms with Gasteiger partial charge in [-0.15, -0.1) is 0 Å². The molecule has 1 radical (unpaired) electrons. The summed E-state index contributed by atoms with van der Waals surface area (Å²) in [5.74, 6) is -4.07. The number of carbonyl (C=O) groups is 2. The molecule has 0 fully saturated rings. The Kier molecular flexibility index (Phi) is 17.9. The number of fused-ring (bicyclic) bond motifs is 2. The largest absolute Gasteiger partial charge is 2.00 e. The molecule has 15 nitrogen and oxygen atoms in total. The molecule has 0 atom stereocenters. The summed E-state index contributed by atoms with van der Waals surface area (Å²) in [6.07, 6.45) is 3.40. The Labute approximate surface area is 259 Å². The standard InChI is InChI=1S/2C7H6N2.2C7H6O4.Cu.3H2O/c2*1-2-4-7-6(3-1)8-5-9-7;2*8-5-1-4(7(10)11)2-6(9)3-5;;;;/h2*1-5H,(H,8,9);2*1-3,8-9H,(H,10,11);;3*1H2/q;;;;+2;;;/p-2. The van der Waals surface area contributed by atoms with Crippen molar-refractivity contribution in [3.63, 3.8) is 0 Å². The number of nitrogens with zero attached hydrogens (tertiary/aromatic N) is 2. The van der Waals surface area contributed by atoms with Gasteiger partial charge < -0.3 is 66.6 Å². The van der Waals surface area contributed by atoms with E-state index in [1.54, 1.807) is 12.7 Å². The topological polar surface area (TPSA) is 313 Å². The van der Waals surface area contributed by atoms with Gasteiger partial charge in [-0.05, 0) is 48.5 Å². The first-order valence-electron chi connectivity index (χ1n) is 11.4. The van der Waals surface area contributed by atoms with Crippen LogP contribution in [0.4, 0.5) is 0 Å². The predicted molar refractivity (Wildman–Crippen MR) is 151 cm³/mol. The van der Waals surface area contributed by atoms with Crippen LogP contribution in [0.15, 0.2) is 97.6 Å². The Bertz CT molecular complexity index is 1510. The molecule has 0 spiro atoms. The molecule has 0 saturated carbocycles. The minimum Gasteiger partial charge on any atom is -0.545 e. The van der Waals surface area contributed by atoms with Crippen LogP contribution < -0.4 is 10.2 Å². The van der Waals surface area contributed by atoms with Crippen LogP contribution in [0.1, 0.15) is 20.7 Å². The molecule has 0 unspecified atom stereocenters. The van der Waals surface area contributed by atoms with E-state index in [2.05, 4.69) is 19.9 Å². The van der Waals surface area contributed by atoms with Crippen LogP contribution in [0.5, 0.6) is 23.0 Å². The number of aromatic amines is 2. The molecular weight excluding hydrogens is 632 g/mol. The van der Waals surface area contributed by atoms with E-state index in [1.807, 2.05) is 48.5 Å². The number of aromatic nitrogens is 4. The maximum Gasteiger partial charge on any atom is 2.00 e. The number of benzene rings is 4. The number of hydrogen-bond acceptors (Lipinski definition) is 10. The van der Waals surface area contributed by atoms with Gasteiger partial charge in [0.25, 0.3) is 0 Å². The van der Waals surface area contributed by atoms with Crippen LogP contribution in [0.2, 0.25) is 0 Å². The van der Waals surface area contributed by atoms with Crippen LogP contribution in [-0.2, 0) is 17.1 Å². The Morgan fingerprint density at radius 1 is 0.545 bits per heavy atom. The second kappa shape index (κ2) is 19.5. The monoisotopic (exact) mass is 659 g/mol. The molecule has 0 aliphatic carbocycles. The van der Waals surface area contributed by atoms with Gasteiger partial charge in [0.15, 0.2) is 0 Å². The Hall–Kier alpha value is -5.64. The molecule has 0 amide bonds. The maximum atomic E-state index is 10.2. The number of H-pyrrole nitrogens is 2. The first kappa shape index (κ1) is 40.5. The third kappa shape index (κ3) is 12.5. The number of imidazole rings is 2. The van der Waals surface area contributed by atoms with Crippen LogP contribution in [0.25, 0.3) is 22.1 Å². The first-order chi connectivity index (χ1) is 19.1. The quantitative estimate of drug-likeness (QED) is 0.130. The van der Waals surface area contributed by atoms with Crippen LogP contribution in [-0.4, -0.2) is 68.7 Å². The average molecular weight is 660 g/mol. The summed E-state index contributed by atoms with van der Waals surface area (Å²) in [7, 11) is 0. The summed E-state index contributed by atoms with van der Waals surface area (Å²) in [5.41, 5.74) is 3.75. The number of phenols is 4. The Morgan fingerprint density at radius 3 is 1.11 bits per heavy atom. The number of carboxylic acids is 2. The third-order valence-electron chi connectivity index (χ3n) is 4.93. The molecule has 6 aromatic rings. The van der Waals surface area contributed by atoms with E-state index >= 15 is 0 Å². The molecule has 12 N–H and O–H groups in total. The van der Waals surface area contributed by atoms with Crippen molar-refractivity contribution in [2.24, 2.45) is 0 Å². The van der Waals surface area contributed by atoms with E-state index in [0.717, 1.165) is 58.5 Å².